The first-order chi connectivity index (χ1) is 7.25. The van der Waals surface area contributed by atoms with Gasteiger partial charge in [0.25, 0.3) is 0 Å². The zero-order valence-corrected chi connectivity index (χ0v) is 8.83. The highest BCUT2D eigenvalue weighted by molar-refractivity contribution is 5.87. The first-order valence-corrected chi connectivity index (χ1v) is 5.40. The summed E-state index contributed by atoms with van der Waals surface area (Å²) < 4.78 is 0. The number of benzene rings is 1. The van der Waals surface area contributed by atoms with Crippen molar-refractivity contribution in [1.82, 2.24) is 4.98 Å². The zero-order valence-electron chi connectivity index (χ0n) is 8.83. The van der Waals surface area contributed by atoms with Crippen molar-refractivity contribution < 1.29 is 0 Å². The summed E-state index contributed by atoms with van der Waals surface area (Å²) in [6, 6.07) is 6.38. The molecule has 76 valence electrons. The van der Waals surface area contributed by atoms with E-state index in [2.05, 4.69) is 30.1 Å². The SMILES string of the molecule is Cc1ccc2ncc(N)c(C3CC3)c2c1. The Morgan fingerprint density at radius 2 is 2.13 bits per heavy atom. The molecule has 0 bridgehead atoms. The van der Waals surface area contributed by atoms with E-state index < -0.39 is 0 Å². The van der Waals surface area contributed by atoms with Gasteiger partial charge in [0.05, 0.1) is 17.4 Å². The van der Waals surface area contributed by atoms with E-state index in [9.17, 15) is 0 Å². The number of nitrogens with two attached hydrogens (primary N) is 1. The molecule has 0 aliphatic heterocycles. The zero-order chi connectivity index (χ0) is 10.4. The van der Waals surface area contributed by atoms with Crippen molar-refractivity contribution in [2.45, 2.75) is 25.7 Å². The molecule has 1 aliphatic carbocycles. The molecule has 3 rings (SSSR count). The van der Waals surface area contributed by atoms with Gasteiger partial charge < -0.3 is 5.73 Å². The van der Waals surface area contributed by atoms with E-state index in [0.717, 1.165) is 11.2 Å². The Morgan fingerprint density at radius 3 is 2.87 bits per heavy atom. The fourth-order valence-electron chi connectivity index (χ4n) is 2.17. The molecule has 1 fully saturated rings. The number of fused-ring (bicyclic) bond motifs is 1. The number of aryl methyl sites for hydroxylation is 1. The van der Waals surface area contributed by atoms with Gasteiger partial charge in [-0.05, 0) is 43.4 Å². The van der Waals surface area contributed by atoms with Gasteiger partial charge in [-0.2, -0.15) is 0 Å². The summed E-state index contributed by atoms with van der Waals surface area (Å²) in [5.74, 6) is 0.678. The number of hydrogen-bond donors (Lipinski definition) is 1. The second-order valence-electron chi connectivity index (χ2n) is 4.42. The van der Waals surface area contributed by atoms with Crippen molar-refractivity contribution in [3.05, 3.63) is 35.5 Å². The van der Waals surface area contributed by atoms with Gasteiger partial charge in [-0.25, -0.2) is 0 Å². The van der Waals surface area contributed by atoms with Crippen molar-refractivity contribution in [2.75, 3.05) is 5.73 Å². The van der Waals surface area contributed by atoms with Crippen molar-refractivity contribution >= 4 is 16.6 Å². The van der Waals surface area contributed by atoms with Gasteiger partial charge in [0.15, 0.2) is 0 Å². The first-order valence-electron chi connectivity index (χ1n) is 5.40. The molecule has 15 heavy (non-hydrogen) atoms. The molecule has 2 N–H and O–H groups in total. The maximum Gasteiger partial charge on any atom is 0.0706 e. The summed E-state index contributed by atoms with van der Waals surface area (Å²) in [6.45, 7) is 2.11. The van der Waals surface area contributed by atoms with Crippen molar-refractivity contribution in [2.24, 2.45) is 0 Å². The lowest BCUT2D eigenvalue weighted by molar-refractivity contribution is 1.14. The summed E-state index contributed by atoms with van der Waals surface area (Å²) in [5, 5.41) is 1.25. The molecule has 1 heterocycles. The molecule has 2 heteroatoms. The molecule has 1 aromatic carbocycles. The lowest BCUT2D eigenvalue weighted by atomic mass is 10.0. The van der Waals surface area contributed by atoms with Gasteiger partial charge >= 0.3 is 0 Å². The van der Waals surface area contributed by atoms with E-state index in [4.69, 9.17) is 5.73 Å². The van der Waals surface area contributed by atoms with Crippen LogP contribution in [0.3, 0.4) is 0 Å². The minimum absolute atomic E-state index is 0.678. The fourth-order valence-corrected chi connectivity index (χ4v) is 2.17. The van der Waals surface area contributed by atoms with Crippen LogP contribution in [0.1, 0.15) is 29.9 Å². The highest BCUT2D eigenvalue weighted by atomic mass is 14.7. The predicted octanol–water partition coefficient (Wildman–Crippen LogP) is 3.00. The van der Waals surface area contributed by atoms with Gasteiger partial charge in [-0.3, -0.25) is 4.98 Å². The van der Waals surface area contributed by atoms with Gasteiger partial charge in [0, 0.05) is 5.39 Å². The molecule has 1 saturated carbocycles. The van der Waals surface area contributed by atoms with Gasteiger partial charge in [0.2, 0.25) is 0 Å². The standard InChI is InChI=1S/C13H14N2/c1-8-2-5-12-10(6-8)13(9-3-4-9)11(14)7-15-12/h2,5-7,9H,3-4,14H2,1H3. The molecular weight excluding hydrogens is 184 g/mol. The third-order valence-electron chi connectivity index (χ3n) is 3.08. The summed E-state index contributed by atoms with van der Waals surface area (Å²) in [6.07, 6.45) is 4.35. The molecule has 0 unspecified atom stereocenters. The number of anilines is 1. The second kappa shape index (κ2) is 2.96. The molecule has 2 nitrogen and oxygen atoms in total. The normalized spacial score (nSPS) is 15.8. The van der Waals surface area contributed by atoms with Gasteiger partial charge in [-0.1, -0.05) is 11.6 Å². The number of aromatic nitrogens is 1. The van der Waals surface area contributed by atoms with Crippen LogP contribution in [0.2, 0.25) is 0 Å². The van der Waals surface area contributed by atoms with Gasteiger partial charge in [0.1, 0.15) is 0 Å². The quantitative estimate of drug-likeness (QED) is 0.765. The lowest BCUT2D eigenvalue weighted by Gasteiger charge is -2.08. The molecule has 1 aliphatic rings. The molecule has 0 atom stereocenters. The number of nitrogen functional groups attached to an aromatic ring is 1. The molecular formula is C13H14N2. The van der Waals surface area contributed by atoms with Crippen LogP contribution in [0.5, 0.6) is 0 Å². The van der Waals surface area contributed by atoms with E-state index in [0.29, 0.717) is 5.92 Å². The molecule has 0 saturated heterocycles. The third-order valence-corrected chi connectivity index (χ3v) is 3.08. The van der Waals surface area contributed by atoms with E-state index in [-0.39, 0.29) is 0 Å². The Kier molecular flexibility index (Phi) is 1.72. The van der Waals surface area contributed by atoms with E-state index >= 15 is 0 Å². The lowest BCUT2D eigenvalue weighted by Crippen LogP contribution is -1.96. The maximum atomic E-state index is 6.02. The van der Waals surface area contributed by atoms with Crippen LogP contribution < -0.4 is 5.73 Å². The Hall–Kier alpha value is -1.57. The highest BCUT2D eigenvalue weighted by Crippen LogP contribution is 2.45. The Morgan fingerprint density at radius 1 is 1.33 bits per heavy atom. The van der Waals surface area contributed by atoms with Crippen LogP contribution in [0, 0.1) is 6.92 Å². The maximum absolute atomic E-state index is 6.02. The fraction of sp³-hybridized carbons (Fsp3) is 0.308. The van der Waals surface area contributed by atoms with Crippen LogP contribution in [-0.2, 0) is 0 Å². The molecule has 2 aromatic rings. The Labute approximate surface area is 89.1 Å². The Bertz CT molecular complexity index is 522. The van der Waals surface area contributed by atoms with E-state index in [1.54, 1.807) is 6.20 Å². The second-order valence-corrected chi connectivity index (χ2v) is 4.42. The monoisotopic (exact) mass is 198 g/mol. The first kappa shape index (κ1) is 8.72. The summed E-state index contributed by atoms with van der Waals surface area (Å²) in [4.78, 5) is 4.37. The van der Waals surface area contributed by atoms with Crippen LogP contribution in [0.4, 0.5) is 5.69 Å². The topological polar surface area (TPSA) is 38.9 Å². The van der Waals surface area contributed by atoms with Crippen molar-refractivity contribution in [1.29, 1.82) is 0 Å². The van der Waals surface area contributed by atoms with Gasteiger partial charge in [-0.15, -0.1) is 0 Å². The van der Waals surface area contributed by atoms with Crippen LogP contribution in [0.15, 0.2) is 24.4 Å². The molecule has 1 aromatic heterocycles. The van der Waals surface area contributed by atoms with Crippen molar-refractivity contribution in [3.63, 3.8) is 0 Å². The van der Waals surface area contributed by atoms with E-state index in [1.165, 1.54) is 29.4 Å². The largest absolute Gasteiger partial charge is 0.397 e. The van der Waals surface area contributed by atoms with E-state index in [1.807, 2.05) is 0 Å². The smallest absolute Gasteiger partial charge is 0.0706 e. The summed E-state index contributed by atoms with van der Waals surface area (Å²) >= 11 is 0. The van der Waals surface area contributed by atoms with Crippen LogP contribution in [-0.4, -0.2) is 4.98 Å². The average molecular weight is 198 g/mol. The number of pyridine rings is 1. The number of rotatable bonds is 1. The molecule has 0 spiro atoms. The minimum Gasteiger partial charge on any atom is -0.397 e. The average Bonchev–Trinajstić information content (AvgIpc) is 3.01. The predicted molar refractivity (Wildman–Crippen MR) is 62.9 cm³/mol. The van der Waals surface area contributed by atoms with Crippen LogP contribution >= 0.6 is 0 Å². The third kappa shape index (κ3) is 1.37. The summed E-state index contributed by atoms with van der Waals surface area (Å²) in [5.41, 5.74) is 10.5. The Balaban J connectivity index is 2.36. The molecule has 0 amide bonds. The highest BCUT2D eigenvalue weighted by Gasteiger charge is 2.27. The number of nitrogens with zero attached hydrogens (tertiary/aromatic N) is 1. The minimum atomic E-state index is 0.678. The number of hydrogen-bond acceptors (Lipinski definition) is 2. The molecule has 0 radical (unpaired) electrons. The van der Waals surface area contributed by atoms with Crippen molar-refractivity contribution in [3.8, 4) is 0 Å². The van der Waals surface area contributed by atoms with Crippen LogP contribution in [0.25, 0.3) is 10.9 Å². The summed E-state index contributed by atoms with van der Waals surface area (Å²) in [7, 11) is 0.